The average molecular weight is 432 g/mol. The zero-order chi connectivity index (χ0) is 21.6. The minimum atomic E-state index is -0.395. The SMILES string of the molecule is N#Cc1ccc2nc(N(Cc3cccnc3)C(=O)CCOc3cccc(F)c3)sc2c1. The van der Waals surface area contributed by atoms with Crippen molar-refractivity contribution < 1.29 is 13.9 Å². The molecule has 0 fully saturated rings. The molecule has 0 aliphatic heterocycles. The molecular formula is C23H17FN4O2S. The number of pyridine rings is 1. The summed E-state index contributed by atoms with van der Waals surface area (Å²) in [5, 5.41) is 9.66. The van der Waals surface area contributed by atoms with Gasteiger partial charge in [0.05, 0.1) is 41.4 Å². The van der Waals surface area contributed by atoms with Gasteiger partial charge in [-0.1, -0.05) is 23.5 Å². The van der Waals surface area contributed by atoms with Crippen molar-refractivity contribution in [2.24, 2.45) is 0 Å². The van der Waals surface area contributed by atoms with Gasteiger partial charge in [0.1, 0.15) is 11.6 Å². The fourth-order valence-corrected chi connectivity index (χ4v) is 4.00. The fourth-order valence-electron chi connectivity index (χ4n) is 2.98. The molecule has 6 nitrogen and oxygen atoms in total. The van der Waals surface area contributed by atoms with E-state index in [0.717, 1.165) is 15.8 Å². The van der Waals surface area contributed by atoms with E-state index < -0.39 is 5.82 Å². The number of halogens is 1. The first-order chi connectivity index (χ1) is 15.1. The van der Waals surface area contributed by atoms with Gasteiger partial charge in [0.2, 0.25) is 5.91 Å². The molecule has 0 bridgehead atoms. The van der Waals surface area contributed by atoms with Crippen LogP contribution in [-0.4, -0.2) is 22.5 Å². The van der Waals surface area contributed by atoms with E-state index in [2.05, 4.69) is 16.0 Å². The van der Waals surface area contributed by atoms with Crippen molar-refractivity contribution in [3.63, 3.8) is 0 Å². The number of amides is 1. The summed E-state index contributed by atoms with van der Waals surface area (Å²) < 4.78 is 19.7. The van der Waals surface area contributed by atoms with Gasteiger partial charge in [-0.05, 0) is 42.0 Å². The van der Waals surface area contributed by atoms with Gasteiger partial charge in [0.15, 0.2) is 5.13 Å². The summed E-state index contributed by atoms with van der Waals surface area (Å²) in [5.74, 6) is -0.205. The third-order valence-corrected chi connectivity index (χ3v) is 5.52. The number of carbonyl (C=O) groups excluding carboxylic acids is 1. The van der Waals surface area contributed by atoms with Crippen LogP contribution in [0.3, 0.4) is 0 Å². The molecule has 1 amide bonds. The van der Waals surface area contributed by atoms with Crippen LogP contribution in [0.2, 0.25) is 0 Å². The van der Waals surface area contributed by atoms with Crippen molar-refractivity contribution in [2.75, 3.05) is 11.5 Å². The molecule has 2 aromatic heterocycles. The van der Waals surface area contributed by atoms with Crippen LogP contribution in [-0.2, 0) is 11.3 Å². The van der Waals surface area contributed by atoms with Crippen molar-refractivity contribution >= 4 is 32.6 Å². The first-order valence-electron chi connectivity index (χ1n) is 9.51. The molecule has 0 atom stereocenters. The Morgan fingerprint density at radius 3 is 2.87 bits per heavy atom. The van der Waals surface area contributed by atoms with Crippen LogP contribution in [0, 0.1) is 17.1 Å². The predicted octanol–water partition coefficient (Wildman–Crippen LogP) is 4.70. The monoisotopic (exact) mass is 432 g/mol. The average Bonchev–Trinajstić information content (AvgIpc) is 3.21. The topological polar surface area (TPSA) is 79.1 Å². The normalized spacial score (nSPS) is 10.6. The minimum absolute atomic E-state index is 0.0934. The molecule has 0 N–H and O–H groups in total. The zero-order valence-corrected chi connectivity index (χ0v) is 17.2. The van der Waals surface area contributed by atoms with Crippen LogP contribution in [0.25, 0.3) is 10.2 Å². The van der Waals surface area contributed by atoms with Crippen molar-refractivity contribution in [1.29, 1.82) is 5.26 Å². The second-order valence-electron chi connectivity index (χ2n) is 6.69. The predicted molar refractivity (Wildman–Crippen MR) is 116 cm³/mol. The molecule has 154 valence electrons. The maximum Gasteiger partial charge on any atom is 0.232 e. The number of thiazole rings is 1. The number of nitrogens with zero attached hydrogens (tertiary/aromatic N) is 4. The number of hydrogen-bond acceptors (Lipinski definition) is 6. The van der Waals surface area contributed by atoms with Crippen LogP contribution in [0.15, 0.2) is 67.0 Å². The van der Waals surface area contributed by atoms with Gasteiger partial charge in [0.25, 0.3) is 0 Å². The number of nitriles is 1. The second-order valence-corrected chi connectivity index (χ2v) is 7.70. The highest BCUT2D eigenvalue weighted by molar-refractivity contribution is 7.22. The summed E-state index contributed by atoms with van der Waals surface area (Å²) in [7, 11) is 0. The van der Waals surface area contributed by atoms with Gasteiger partial charge in [-0.25, -0.2) is 9.37 Å². The number of rotatable bonds is 7. The molecule has 0 aliphatic rings. The Kier molecular flexibility index (Phi) is 6.15. The van der Waals surface area contributed by atoms with Crippen LogP contribution in [0.4, 0.5) is 9.52 Å². The Bertz CT molecular complexity index is 1250. The number of ether oxygens (including phenoxy) is 1. The van der Waals surface area contributed by atoms with E-state index in [0.29, 0.717) is 23.0 Å². The van der Waals surface area contributed by atoms with Crippen molar-refractivity contribution in [3.8, 4) is 11.8 Å². The van der Waals surface area contributed by atoms with Gasteiger partial charge in [0, 0.05) is 18.5 Å². The zero-order valence-electron chi connectivity index (χ0n) is 16.4. The molecule has 8 heteroatoms. The summed E-state index contributed by atoms with van der Waals surface area (Å²) in [6.45, 7) is 0.410. The van der Waals surface area contributed by atoms with Crippen molar-refractivity contribution in [2.45, 2.75) is 13.0 Å². The first kappa shape index (κ1) is 20.4. The van der Waals surface area contributed by atoms with Gasteiger partial charge in [-0.2, -0.15) is 5.26 Å². The lowest BCUT2D eigenvalue weighted by atomic mass is 10.2. The molecule has 4 aromatic rings. The van der Waals surface area contributed by atoms with E-state index in [1.807, 2.05) is 12.1 Å². The Hall–Kier alpha value is -3.83. The van der Waals surface area contributed by atoms with Crippen molar-refractivity contribution in [3.05, 3.63) is 83.9 Å². The highest BCUT2D eigenvalue weighted by atomic mass is 32.1. The van der Waals surface area contributed by atoms with Crippen LogP contribution >= 0.6 is 11.3 Å². The number of carbonyl (C=O) groups is 1. The molecule has 2 heterocycles. The number of hydrogen-bond donors (Lipinski definition) is 0. The Morgan fingerprint density at radius 2 is 2.10 bits per heavy atom. The van der Waals surface area contributed by atoms with Crippen molar-refractivity contribution in [1.82, 2.24) is 9.97 Å². The van der Waals surface area contributed by atoms with Crippen LogP contribution in [0.1, 0.15) is 17.5 Å². The molecule has 0 radical (unpaired) electrons. The molecule has 0 spiro atoms. The van der Waals surface area contributed by atoms with E-state index in [1.54, 1.807) is 47.6 Å². The lowest BCUT2D eigenvalue weighted by molar-refractivity contribution is -0.119. The third kappa shape index (κ3) is 5.02. The highest BCUT2D eigenvalue weighted by Gasteiger charge is 2.20. The Balaban J connectivity index is 1.55. The molecule has 4 rings (SSSR count). The van der Waals surface area contributed by atoms with Crippen LogP contribution in [0.5, 0.6) is 5.75 Å². The lowest BCUT2D eigenvalue weighted by Gasteiger charge is -2.20. The maximum absolute atomic E-state index is 13.3. The lowest BCUT2D eigenvalue weighted by Crippen LogP contribution is -2.31. The number of benzene rings is 2. The molecular weight excluding hydrogens is 415 g/mol. The van der Waals surface area contributed by atoms with Gasteiger partial charge in [-0.15, -0.1) is 0 Å². The summed E-state index contributed by atoms with van der Waals surface area (Å²) in [4.78, 5) is 23.4. The molecule has 0 unspecified atom stereocenters. The van der Waals surface area contributed by atoms with E-state index in [1.165, 1.54) is 23.5 Å². The molecule has 31 heavy (non-hydrogen) atoms. The van der Waals surface area contributed by atoms with E-state index in [-0.39, 0.29) is 18.9 Å². The molecule has 0 saturated heterocycles. The number of anilines is 1. The summed E-state index contributed by atoms with van der Waals surface area (Å²) in [6, 6.07) is 16.8. The fraction of sp³-hybridized carbons (Fsp3) is 0.130. The maximum atomic E-state index is 13.3. The van der Waals surface area contributed by atoms with E-state index in [4.69, 9.17) is 10.00 Å². The standard InChI is InChI=1S/C23H17FN4O2S/c24-18-4-1-5-19(12-18)30-10-8-22(29)28(15-17-3-2-9-26-14-17)23-27-20-7-6-16(13-25)11-21(20)31-23/h1-7,9,11-12,14H,8,10,15H2. The first-order valence-corrected chi connectivity index (χ1v) is 10.3. The second kappa shape index (κ2) is 9.32. The molecule has 0 aliphatic carbocycles. The van der Waals surface area contributed by atoms with Crippen LogP contribution < -0.4 is 9.64 Å². The van der Waals surface area contributed by atoms with E-state index in [9.17, 15) is 9.18 Å². The summed E-state index contributed by atoms with van der Waals surface area (Å²) in [5.41, 5.74) is 2.12. The minimum Gasteiger partial charge on any atom is -0.493 e. The Morgan fingerprint density at radius 1 is 1.19 bits per heavy atom. The smallest absolute Gasteiger partial charge is 0.232 e. The molecule has 2 aromatic carbocycles. The van der Waals surface area contributed by atoms with Gasteiger partial charge < -0.3 is 4.74 Å². The highest BCUT2D eigenvalue weighted by Crippen LogP contribution is 2.31. The molecule has 0 saturated carbocycles. The van der Waals surface area contributed by atoms with Gasteiger partial charge in [-0.3, -0.25) is 14.7 Å². The largest absolute Gasteiger partial charge is 0.493 e. The number of fused-ring (bicyclic) bond motifs is 1. The van der Waals surface area contributed by atoms with Gasteiger partial charge >= 0.3 is 0 Å². The summed E-state index contributed by atoms with van der Waals surface area (Å²) >= 11 is 1.35. The van der Waals surface area contributed by atoms with E-state index >= 15 is 0 Å². The quantitative estimate of drug-likeness (QED) is 0.423. The Labute approximate surface area is 182 Å². The third-order valence-electron chi connectivity index (χ3n) is 4.48. The number of aromatic nitrogens is 2. The summed E-state index contributed by atoms with van der Waals surface area (Å²) in [6.07, 6.45) is 3.46.